The van der Waals surface area contributed by atoms with E-state index < -0.39 is 0 Å². The summed E-state index contributed by atoms with van der Waals surface area (Å²) in [5.41, 5.74) is 0.418. The van der Waals surface area contributed by atoms with E-state index in [-0.39, 0.29) is 0 Å². The topological polar surface area (TPSA) is 0 Å². The fraction of sp³-hybridized carbons (Fsp3) is 1.00. The minimum absolute atomic E-state index is 0.418. The Balaban J connectivity index is 4.98. The van der Waals surface area contributed by atoms with Crippen molar-refractivity contribution < 1.29 is 4.48 Å². The first kappa shape index (κ1) is 23.0. The summed E-state index contributed by atoms with van der Waals surface area (Å²) in [6.45, 7) is 20.8. The van der Waals surface area contributed by atoms with Gasteiger partial charge in [-0.25, -0.2) is 0 Å². The van der Waals surface area contributed by atoms with Gasteiger partial charge >= 0.3 is 0 Å². The van der Waals surface area contributed by atoms with Crippen molar-refractivity contribution in [3.8, 4) is 0 Å². The maximum atomic E-state index is 2.55. The Morgan fingerprint density at radius 3 is 1.39 bits per heavy atom. The van der Waals surface area contributed by atoms with E-state index in [0.29, 0.717) is 5.41 Å². The van der Waals surface area contributed by atoms with Gasteiger partial charge in [0.2, 0.25) is 0 Å². The molecule has 0 bridgehead atoms. The van der Waals surface area contributed by atoms with Gasteiger partial charge in [0.1, 0.15) is 0 Å². The Morgan fingerprint density at radius 1 is 0.739 bits per heavy atom. The van der Waals surface area contributed by atoms with Crippen LogP contribution in [0.5, 0.6) is 0 Å². The Kier molecular flexibility index (Phi) is 11.5. The Morgan fingerprint density at radius 2 is 1.13 bits per heavy atom. The molecule has 0 aromatic heterocycles. The van der Waals surface area contributed by atoms with Gasteiger partial charge in [0.15, 0.2) is 0 Å². The first-order valence-corrected chi connectivity index (χ1v) is 10.5. The van der Waals surface area contributed by atoms with Crippen molar-refractivity contribution in [3.05, 3.63) is 0 Å². The van der Waals surface area contributed by atoms with Gasteiger partial charge in [0.05, 0.1) is 26.7 Å². The summed E-state index contributed by atoms with van der Waals surface area (Å²) in [5, 5.41) is 0. The van der Waals surface area contributed by atoms with Gasteiger partial charge in [0, 0.05) is 17.3 Å². The van der Waals surface area contributed by atoms with Gasteiger partial charge in [-0.3, -0.25) is 0 Å². The summed E-state index contributed by atoms with van der Waals surface area (Å²) in [4.78, 5) is 0. The molecule has 0 amide bonds. The molecule has 0 aromatic carbocycles. The van der Waals surface area contributed by atoms with Gasteiger partial charge in [-0.2, -0.15) is 0 Å². The molecule has 0 aliphatic carbocycles. The zero-order valence-electron chi connectivity index (χ0n) is 17.9. The minimum atomic E-state index is 0.418. The minimum Gasteiger partial charge on any atom is -0.325 e. The molecule has 140 valence electrons. The van der Waals surface area contributed by atoms with E-state index in [4.69, 9.17) is 0 Å². The molecular formula is C22H48N+. The SMILES string of the molecule is CCCCC(CC)C[N+](C)(CC(CC)CCCC)CC(C)(C)C. The van der Waals surface area contributed by atoms with Gasteiger partial charge < -0.3 is 4.48 Å². The van der Waals surface area contributed by atoms with Crippen LogP contribution in [0.25, 0.3) is 0 Å². The highest BCUT2D eigenvalue weighted by Crippen LogP contribution is 2.27. The average Bonchev–Trinajstić information content (AvgIpc) is 2.45. The second-order valence-electron chi connectivity index (χ2n) is 9.54. The zero-order chi connectivity index (χ0) is 17.9. The number of quaternary nitrogens is 1. The first-order valence-electron chi connectivity index (χ1n) is 10.5. The van der Waals surface area contributed by atoms with Crippen LogP contribution in [0.15, 0.2) is 0 Å². The molecule has 0 radical (unpaired) electrons. The van der Waals surface area contributed by atoms with Crippen molar-refractivity contribution in [3.63, 3.8) is 0 Å². The number of rotatable bonds is 13. The quantitative estimate of drug-likeness (QED) is 0.322. The highest BCUT2D eigenvalue weighted by Gasteiger charge is 2.33. The fourth-order valence-corrected chi connectivity index (χ4v) is 4.43. The molecule has 0 N–H and O–H groups in total. The van der Waals surface area contributed by atoms with E-state index in [2.05, 4.69) is 55.5 Å². The fourth-order valence-electron chi connectivity index (χ4n) is 4.43. The van der Waals surface area contributed by atoms with Crippen molar-refractivity contribution in [2.24, 2.45) is 17.3 Å². The summed E-state index contributed by atoms with van der Waals surface area (Å²) in [7, 11) is 2.55. The Bertz CT molecular complexity index is 258. The van der Waals surface area contributed by atoms with Crippen molar-refractivity contribution in [2.45, 2.75) is 99.8 Å². The van der Waals surface area contributed by atoms with Gasteiger partial charge in [0.25, 0.3) is 0 Å². The molecular weight excluding hydrogens is 278 g/mol. The van der Waals surface area contributed by atoms with Crippen LogP contribution in [0, 0.1) is 17.3 Å². The van der Waals surface area contributed by atoms with Gasteiger partial charge in [-0.05, 0) is 25.7 Å². The molecule has 0 heterocycles. The molecule has 23 heavy (non-hydrogen) atoms. The molecule has 1 nitrogen and oxygen atoms in total. The molecule has 0 aliphatic heterocycles. The standard InChI is InChI=1S/C22H48N/c1-9-13-15-20(11-3)17-23(8,19-22(5,6)7)18-21(12-4)16-14-10-2/h20-21H,9-19H2,1-8H3/q+1. The summed E-state index contributed by atoms with van der Waals surface area (Å²) in [6, 6.07) is 0. The molecule has 0 rings (SSSR count). The maximum Gasteiger partial charge on any atom is 0.0833 e. The lowest BCUT2D eigenvalue weighted by Crippen LogP contribution is -2.54. The number of hydrogen-bond acceptors (Lipinski definition) is 0. The second kappa shape index (κ2) is 11.5. The van der Waals surface area contributed by atoms with Crippen molar-refractivity contribution >= 4 is 0 Å². The third kappa shape index (κ3) is 11.2. The lowest BCUT2D eigenvalue weighted by molar-refractivity contribution is -0.921. The molecule has 1 heteroatoms. The highest BCUT2D eigenvalue weighted by molar-refractivity contribution is 4.66. The Labute approximate surface area is 148 Å². The van der Waals surface area contributed by atoms with Crippen LogP contribution < -0.4 is 0 Å². The molecule has 0 spiro atoms. The summed E-state index contributed by atoms with van der Waals surface area (Å²) < 4.78 is 1.29. The third-order valence-electron chi connectivity index (χ3n) is 5.34. The van der Waals surface area contributed by atoms with Gasteiger partial charge in [-0.1, -0.05) is 74.1 Å². The third-order valence-corrected chi connectivity index (χ3v) is 5.34. The van der Waals surface area contributed by atoms with Crippen LogP contribution in [0.4, 0.5) is 0 Å². The number of hydrogen-bond donors (Lipinski definition) is 0. The summed E-state index contributed by atoms with van der Waals surface area (Å²) in [6.07, 6.45) is 11.0. The molecule has 0 saturated heterocycles. The number of nitrogens with zero attached hydrogens (tertiary/aromatic N) is 1. The van der Waals surface area contributed by atoms with Crippen LogP contribution >= 0.6 is 0 Å². The summed E-state index contributed by atoms with van der Waals surface area (Å²) >= 11 is 0. The van der Waals surface area contributed by atoms with Crippen LogP contribution in [0.2, 0.25) is 0 Å². The predicted octanol–water partition coefficient (Wildman–Crippen LogP) is 6.91. The van der Waals surface area contributed by atoms with E-state index in [9.17, 15) is 0 Å². The lowest BCUT2D eigenvalue weighted by Gasteiger charge is -2.43. The summed E-state index contributed by atoms with van der Waals surface area (Å²) in [5.74, 6) is 1.82. The largest absolute Gasteiger partial charge is 0.325 e. The Hall–Kier alpha value is -0.0400. The van der Waals surface area contributed by atoms with Gasteiger partial charge in [-0.15, -0.1) is 0 Å². The normalized spacial score (nSPS) is 17.7. The van der Waals surface area contributed by atoms with E-state index in [1.807, 2.05) is 0 Å². The van der Waals surface area contributed by atoms with Crippen LogP contribution in [-0.2, 0) is 0 Å². The zero-order valence-corrected chi connectivity index (χ0v) is 17.9. The molecule has 0 aromatic rings. The molecule has 0 fully saturated rings. The molecule has 2 atom stereocenters. The van der Waals surface area contributed by atoms with Crippen LogP contribution in [-0.4, -0.2) is 31.2 Å². The van der Waals surface area contributed by atoms with E-state index in [1.165, 1.54) is 75.5 Å². The molecule has 0 saturated carbocycles. The smallest absolute Gasteiger partial charge is 0.0833 e. The van der Waals surface area contributed by atoms with Crippen molar-refractivity contribution in [1.29, 1.82) is 0 Å². The monoisotopic (exact) mass is 326 g/mol. The van der Waals surface area contributed by atoms with E-state index in [1.54, 1.807) is 0 Å². The highest BCUT2D eigenvalue weighted by atomic mass is 15.3. The van der Waals surface area contributed by atoms with Crippen molar-refractivity contribution in [1.82, 2.24) is 0 Å². The van der Waals surface area contributed by atoms with Crippen LogP contribution in [0.1, 0.15) is 99.8 Å². The molecule has 2 unspecified atom stereocenters. The average molecular weight is 327 g/mol. The van der Waals surface area contributed by atoms with Crippen LogP contribution in [0.3, 0.4) is 0 Å². The lowest BCUT2D eigenvalue weighted by atomic mass is 9.89. The first-order chi connectivity index (χ1) is 10.7. The maximum absolute atomic E-state index is 2.55. The number of unbranched alkanes of at least 4 members (excludes halogenated alkanes) is 2. The molecule has 0 aliphatic rings. The van der Waals surface area contributed by atoms with Crippen molar-refractivity contribution in [2.75, 3.05) is 26.7 Å². The van der Waals surface area contributed by atoms with E-state index in [0.717, 1.165) is 11.8 Å². The van der Waals surface area contributed by atoms with E-state index >= 15 is 0 Å². The predicted molar refractivity (Wildman–Crippen MR) is 107 cm³/mol. The second-order valence-corrected chi connectivity index (χ2v) is 9.54.